The van der Waals surface area contributed by atoms with Gasteiger partial charge in [-0.1, -0.05) is 31.2 Å². The number of hydrogen-bond donors (Lipinski definition) is 1. The lowest BCUT2D eigenvalue weighted by Crippen LogP contribution is -2.58. The van der Waals surface area contributed by atoms with Crippen molar-refractivity contribution >= 4 is 11.8 Å². The molecule has 26 heavy (non-hydrogen) atoms. The van der Waals surface area contributed by atoms with Gasteiger partial charge in [0.15, 0.2) is 6.10 Å². The maximum absolute atomic E-state index is 13.0. The predicted molar refractivity (Wildman–Crippen MR) is 97.8 cm³/mol. The Kier molecular flexibility index (Phi) is 4.22. The number of aliphatic hydroxyl groups is 1. The number of carbonyl (C=O) groups excluding carboxylic acids is 2. The third-order valence-corrected chi connectivity index (χ3v) is 6.76. The van der Waals surface area contributed by atoms with Gasteiger partial charge in [0.25, 0.3) is 0 Å². The lowest BCUT2D eigenvalue weighted by atomic mass is 9.48. The van der Waals surface area contributed by atoms with Gasteiger partial charge in [-0.25, -0.2) is 0 Å². The second kappa shape index (κ2) is 6.19. The van der Waals surface area contributed by atoms with E-state index in [1.807, 2.05) is 12.1 Å². The van der Waals surface area contributed by atoms with Gasteiger partial charge in [-0.05, 0) is 69.3 Å². The van der Waals surface area contributed by atoms with Crippen LogP contribution in [0.4, 0.5) is 0 Å². The number of hydrogen-bond acceptors (Lipinski definition) is 4. The SMILES string of the molecule is CCc1ccc(C(=O)[C@@H](C)OC(=O)C23C[C@@H]4C[C@@H](CC(O)(C4)C2)C3)cc1. The maximum atomic E-state index is 13.0. The zero-order valence-corrected chi connectivity index (χ0v) is 15.7. The highest BCUT2D eigenvalue weighted by molar-refractivity contribution is 6.00. The molecule has 4 aliphatic rings. The van der Waals surface area contributed by atoms with Gasteiger partial charge < -0.3 is 9.84 Å². The molecule has 0 aliphatic heterocycles. The topological polar surface area (TPSA) is 63.6 Å². The Hall–Kier alpha value is -1.68. The summed E-state index contributed by atoms with van der Waals surface area (Å²) in [5.74, 6) is 0.392. The molecule has 1 aromatic rings. The molecule has 0 saturated heterocycles. The fourth-order valence-corrected chi connectivity index (χ4v) is 5.93. The average Bonchev–Trinajstić information content (AvgIpc) is 2.59. The number of rotatable bonds is 5. The average molecular weight is 356 g/mol. The molecule has 5 rings (SSSR count). The van der Waals surface area contributed by atoms with E-state index in [-0.39, 0.29) is 11.8 Å². The molecule has 4 saturated carbocycles. The Bertz CT molecular complexity index is 706. The van der Waals surface area contributed by atoms with Crippen molar-refractivity contribution in [1.82, 2.24) is 0 Å². The quantitative estimate of drug-likeness (QED) is 0.645. The summed E-state index contributed by atoms with van der Waals surface area (Å²) in [5.41, 5.74) is 0.464. The van der Waals surface area contributed by atoms with Crippen molar-refractivity contribution < 1.29 is 19.4 Å². The van der Waals surface area contributed by atoms with Crippen molar-refractivity contribution in [3.63, 3.8) is 0 Å². The van der Waals surface area contributed by atoms with Crippen molar-refractivity contribution in [2.24, 2.45) is 17.3 Å². The van der Waals surface area contributed by atoms with E-state index >= 15 is 0 Å². The third-order valence-electron chi connectivity index (χ3n) is 6.76. The van der Waals surface area contributed by atoms with Gasteiger partial charge >= 0.3 is 5.97 Å². The number of benzene rings is 1. The smallest absolute Gasteiger partial charge is 0.312 e. The van der Waals surface area contributed by atoms with Crippen molar-refractivity contribution in [1.29, 1.82) is 0 Å². The Balaban J connectivity index is 1.46. The lowest BCUT2D eigenvalue weighted by Gasteiger charge is -2.58. The minimum atomic E-state index is -0.794. The minimum Gasteiger partial charge on any atom is -0.454 e. The second-order valence-electron chi connectivity index (χ2n) is 8.93. The van der Waals surface area contributed by atoms with Crippen LogP contribution < -0.4 is 0 Å². The number of Topliss-reactive ketones (excluding diaryl/α,β-unsaturated/α-hetero) is 1. The zero-order chi connectivity index (χ0) is 18.5. The molecular weight excluding hydrogens is 328 g/mol. The van der Waals surface area contributed by atoms with Gasteiger partial charge in [0.1, 0.15) is 0 Å². The van der Waals surface area contributed by atoms with E-state index < -0.39 is 17.1 Å². The van der Waals surface area contributed by atoms with Gasteiger partial charge in [0.05, 0.1) is 11.0 Å². The van der Waals surface area contributed by atoms with Gasteiger partial charge in [-0.2, -0.15) is 0 Å². The Labute approximate surface area is 154 Å². The minimum absolute atomic E-state index is 0.163. The van der Waals surface area contributed by atoms with Crippen molar-refractivity contribution in [2.75, 3.05) is 0 Å². The number of ketones is 1. The molecule has 140 valence electrons. The van der Waals surface area contributed by atoms with E-state index in [4.69, 9.17) is 4.74 Å². The first-order valence-electron chi connectivity index (χ1n) is 9.89. The fraction of sp³-hybridized carbons (Fsp3) is 0.636. The summed E-state index contributed by atoms with van der Waals surface area (Å²) in [6.07, 6.45) is 4.99. The second-order valence-corrected chi connectivity index (χ2v) is 8.93. The molecule has 1 aromatic carbocycles. The van der Waals surface area contributed by atoms with Crippen molar-refractivity contribution in [3.05, 3.63) is 35.4 Å². The van der Waals surface area contributed by atoms with Gasteiger partial charge in [-0.15, -0.1) is 0 Å². The Morgan fingerprint density at radius 3 is 2.31 bits per heavy atom. The monoisotopic (exact) mass is 356 g/mol. The molecule has 2 unspecified atom stereocenters. The van der Waals surface area contributed by atoms with E-state index in [1.165, 1.54) is 5.56 Å². The first-order valence-corrected chi connectivity index (χ1v) is 9.89. The Morgan fingerprint density at radius 2 is 1.77 bits per heavy atom. The number of carbonyl (C=O) groups is 2. The van der Waals surface area contributed by atoms with E-state index in [0.29, 0.717) is 23.8 Å². The molecular formula is C22H28O4. The summed E-state index contributed by atoms with van der Waals surface area (Å²) in [6, 6.07) is 7.49. The standard InChI is InChI=1S/C22H28O4/c1-3-15-4-6-18(7-5-15)19(23)14(2)26-20(24)21-9-16-8-17(10-21)12-22(25,11-16)13-21/h4-7,14,16-17,25H,3,8-13H2,1-2H3/t14-,16-,17+,21?,22?/m1/s1. The highest BCUT2D eigenvalue weighted by Crippen LogP contribution is 2.62. The molecule has 0 amide bonds. The van der Waals surface area contributed by atoms with Gasteiger partial charge in [0, 0.05) is 5.56 Å². The summed E-state index contributed by atoms with van der Waals surface area (Å²) >= 11 is 0. The molecule has 4 fully saturated rings. The van der Waals surface area contributed by atoms with E-state index in [0.717, 1.165) is 38.5 Å². The molecule has 4 nitrogen and oxygen atoms in total. The van der Waals surface area contributed by atoms with Crippen LogP contribution in [0.15, 0.2) is 24.3 Å². The first kappa shape index (κ1) is 17.7. The molecule has 4 aliphatic carbocycles. The van der Waals surface area contributed by atoms with Crippen LogP contribution in [0, 0.1) is 17.3 Å². The molecule has 0 radical (unpaired) electrons. The number of esters is 1. The van der Waals surface area contributed by atoms with Crippen molar-refractivity contribution in [3.8, 4) is 0 Å². The summed E-state index contributed by atoms with van der Waals surface area (Å²) in [6.45, 7) is 3.73. The van der Waals surface area contributed by atoms with Crippen LogP contribution in [-0.2, 0) is 16.0 Å². The molecule has 0 aromatic heterocycles. The normalized spacial score (nSPS) is 36.0. The van der Waals surface area contributed by atoms with E-state index in [2.05, 4.69) is 6.92 Å². The number of ether oxygens (including phenoxy) is 1. The number of aryl methyl sites for hydroxylation is 1. The van der Waals surface area contributed by atoms with Gasteiger partial charge in [0.2, 0.25) is 5.78 Å². The molecule has 0 heterocycles. The van der Waals surface area contributed by atoms with Crippen LogP contribution in [0.1, 0.15) is 68.3 Å². The highest BCUT2D eigenvalue weighted by Gasteiger charge is 2.61. The molecule has 5 atom stereocenters. The van der Waals surface area contributed by atoms with Crippen LogP contribution in [-0.4, -0.2) is 28.6 Å². The largest absolute Gasteiger partial charge is 0.454 e. The van der Waals surface area contributed by atoms with E-state index in [9.17, 15) is 14.7 Å². The van der Waals surface area contributed by atoms with Crippen LogP contribution in [0.3, 0.4) is 0 Å². The third kappa shape index (κ3) is 2.98. The van der Waals surface area contributed by atoms with Crippen LogP contribution >= 0.6 is 0 Å². The lowest BCUT2D eigenvalue weighted by molar-refractivity contribution is -0.197. The highest BCUT2D eigenvalue weighted by atomic mass is 16.5. The summed E-state index contributed by atoms with van der Waals surface area (Å²) in [7, 11) is 0. The van der Waals surface area contributed by atoms with Gasteiger partial charge in [-0.3, -0.25) is 9.59 Å². The predicted octanol–water partition coefficient (Wildman–Crippen LogP) is 3.69. The Morgan fingerprint density at radius 1 is 1.15 bits per heavy atom. The van der Waals surface area contributed by atoms with Crippen LogP contribution in [0.2, 0.25) is 0 Å². The molecule has 4 bridgehead atoms. The fourth-order valence-electron chi connectivity index (χ4n) is 5.93. The maximum Gasteiger partial charge on any atom is 0.312 e. The van der Waals surface area contributed by atoms with E-state index in [1.54, 1.807) is 19.1 Å². The molecule has 1 N–H and O–H groups in total. The zero-order valence-electron chi connectivity index (χ0n) is 15.7. The van der Waals surface area contributed by atoms with Crippen LogP contribution in [0.25, 0.3) is 0 Å². The van der Waals surface area contributed by atoms with Crippen LogP contribution in [0.5, 0.6) is 0 Å². The summed E-state index contributed by atoms with van der Waals surface area (Å²) in [4.78, 5) is 25.6. The first-order chi connectivity index (χ1) is 12.3. The molecule has 0 spiro atoms. The molecule has 4 heteroatoms. The summed E-state index contributed by atoms with van der Waals surface area (Å²) in [5, 5.41) is 10.8. The summed E-state index contributed by atoms with van der Waals surface area (Å²) < 4.78 is 5.65. The van der Waals surface area contributed by atoms with Crippen molar-refractivity contribution in [2.45, 2.75) is 70.5 Å².